The molecule has 4 nitrogen and oxygen atoms in total. The van der Waals surface area contributed by atoms with E-state index in [9.17, 15) is 19.1 Å². The van der Waals surface area contributed by atoms with Gasteiger partial charge in [0.25, 0.3) is 0 Å². The predicted molar refractivity (Wildman–Crippen MR) is 83.2 cm³/mol. The van der Waals surface area contributed by atoms with Crippen molar-refractivity contribution >= 4 is 11.9 Å². The number of nitrogens with zero attached hydrogens (tertiary/aromatic N) is 1. The first-order valence-electron chi connectivity index (χ1n) is 8.20. The highest BCUT2D eigenvalue weighted by molar-refractivity contribution is 5.86. The van der Waals surface area contributed by atoms with Crippen LogP contribution in [0, 0.1) is 17.2 Å². The molecule has 1 saturated carbocycles. The van der Waals surface area contributed by atoms with Crippen molar-refractivity contribution in [1.82, 2.24) is 4.90 Å². The van der Waals surface area contributed by atoms with Crippen molar-refractivity contribution in [3.63, 3.8) is 0 Å². The molecule has 0 aromatic heterocycles. The molecule has 1 saturated heterocycles. The first-order chi connectivity index (χ1) is 10.9. The van der Waals surface area contributed by atoms with Gasteiger partial charge < -0.3 is 10.0 Å². The van der Waals surface area contributed by atoms with Crippen LogP contribution in [0.1, 0.15) is 50.6 Å². The largest absolute Gasteiger partial charge is 0.481 e. The van der Waals surface area contributed by atoms with E-state index >= 15 is 0 Å². The molecule has 1 amide bonds. The van der Waals surface area contributed by atoms with Gasteiger partial charge in [-0.05, 0) is 42.9 Å². The number of carboxylic acids is 1. The lowest BCUT2D eigenvalue weighted by atomic mass is 9.66. The fraction of sp³-hybridized carbons (Fsp3) is 0.556. The fourth-order valence-electron chi connectivity index (χ4n) is 3.81. The molecule has 1 aromatic rings. The third-order valence-corrected chi connectivity index (χ3v) is 5.32. The normalized spacial score (nSPS) is 25.9. The summed E-state index contributed by atoms with van der Waals surface area (Å²) in [5.74, 6) is -0.970. The van der Waals surface area contributed by atoms with Gasteiger partial charge in [0.15, 0.2) is 0 Å². The summed E-state index contributed by atoms with van der Waals surface area (Å²) in [5.41, 5.74) is -0.0873. The van der Waals surface area contributed by atoms with Crippen molar-refractivity contribution < 1.29 is 19.1 Å². The van der Waals surface area contributed by atoms with Crippen LogP contribution in [0.4, 0.5) is 4.39 Å². The van der Waals surface area contributed by atoms with Crippen LogP contribution < -0.4 is 0 Å². The molecular weight excluding hydrogens is 297 g/mol. The number of carboxylic acid groups (broad SMARTS) is 1. The number of amides is 1. The van der Waals surface area contributed by atoms with Crippen LogP contribution in [0.2, 0.25) is 0 Å². The number of hydrogen-bond donors (Lipinski definition) is 1. The van der Waals surface area contributed by atoms with Gasteiger partial charge in [-0.3, -0.25) is 9.59 Å². The monoisotopic (exact) mass is 319 g/mol. The molecule has 2 aliphatic rings. The van der Waals surface area contributed by atoms with Crippen LogP contribution in [-0.4, -0.2) is 28.4 Å². The van der Waals surface area contributed by atoms with Crippen LogP contribution in [-0.2, 0) is 9.59 Å². The van der Waals surface area contributed by atoms with Crippen LogP contribution >= 0.6 is 0 Å². The Hall–Kier alpha value is -1.91. The van der Waals surface area contributed by atoms with Gasteiger partial charge in [0.1, 0.15) is 5.82 Å². The summed E-state index contributed by atoms with van der Waals surface area (Å²) in [6, 6.07) is 6.20. The first kappa shape index (κ1) is 16.0. The van der Waals surface area contributed by atoms with E-state index in [1.165, 1.54) is 12.1 Å². The number of aliphatic carboxylic acids is 1. The number of rotatable bonds is 4. The quantitative estimate of drug-likeness (QED) is 0.925. The Labute approximate surface area is 135 Å². The van der Waals surface area contributed by atoms with Gasteiger partial charge in [-0.15, -0.1) is 0 Å². The maximum Gasteiger partial charge on any atom is 0.310 e. The lowest BCUT2D eigenvalue weighted by Crippen LogP contribution is -2.43. The van der Waals surface area contributed by atoms with Crippen molar-refractivity contribution in [2.24, 2.45) is 11.3 Å². The zero-order valence-electron chi connectivity index (χ0n) is 13.3. The number of carbonyl (C=O) groups is 2. The van der Waals surface area contributed by atoms with Gasteiger partial charge >= 0.3 is 5.97 Å². The summed E-state index contributed by atoms with van der Waals surface area (Å²) in [4.78, 5) is 26.0. The lowest BCUT2D eigenvalue weighted by Gasteiger charge is -2.38. The molecule has 124 valence electrons. The number of hydrogen-bond acceptors (Lipinski definition) is 2. The second-order valence-electron chi connectivity index (χ2n) is 7.07. The third kappa shape index (κ3) is 2.96. The Balaban J connectivity index is 1.79. The SMILES string of the molecule is CC1CC(c2cccc(F)c2)N(C(=O)CC2(C(=O)O)CCC2)C1. The van der Waals surface area contributed by atoms with Gasteiger partial charge in [-0.25, -0.2) is 4.39 Å². The third-order valence-electron chi connectivity index (χ3n) is 5.32. The Morgan fingerprint density at radius 2 is 2.13 bits per heavy atom. The minimum atomic E-state index is -0.880. The highest BCUT2D eigenvalue weighted by atomic mass is 19.1. The summed E-state index contributed by atoms with van der Waals surface area (Å²) in [7, 11) is 0. The maximum absolute atomic E-state index is 13.5. The molecule has 3 rings (SSSR count). The maximum atomic E-state index is 13.5. The average Bonchev–Trinajstić information content (AvgIpc) is 2.84. The Morgan fingerprint density at radius 1 is 1.39 bits per heavy atom. The van der Waals surface area contributed by atoms with Crippen LogP contribution in [0.25, 0.3) is 0 Å². The van der Waals surface area contributed by atoms with E-state index < -0.39 is 11.4 Å². The fourth-order valence-corrected chi connectivity index (χ4v) is 3.81. The molecule has 0 bridgehead atoms. The highest BCUT2D eigenvalue weighted by Crippen LogP contribution is 2.46. The topological polar surface area (TPSA) is 57.6 Å². The van der Waals surface area contributed by atoms with Crippen molar-refractivity contribution in [2.45, 2.75) is 45.1 Å². The molecule has 0 spiro atoms. The Morgan fingerprint density at radius 3 is 2.70 bits per heavy atom. The molecule has 1 heterocycles. The van der Waals surface area contributed by atoms with E-state index in [2.05, 4.69) is 6.92 Å². The van der Waals surface area contributed by atoms with E-state index in [0.717, 1.165) is 18.4 Å². The standard InChI is InChI=1S/C18H22FNO3/c1-12-8-15(13-4-2-5-14(19)9-13)20(11-12)16(21)10-18(17(22)23)6-3-7-18/h2,4-5,9,12,15H,3,6-8,10-11H2,1H3,(H,22,23). The average molecular weight is 319 g/mol. The summed E-state index contributed by atoms with van der Waals surface area (Å²) in [5, 5.41) is 9.43. The summed E-state index contributed by atoms with van der Waals surface area (Å²) < 4.78 is 13.5. The number of benzene rings is 1. The van der Waals surface area contributed by atoms with Gasteiger partial charge in [0.05, 0.1) is 11.5 Å². The zero-order valence-corrected chi connectivity index (χ0v) is 13.3. The second-order valence-corrected chi connectivity index (χ2v) is 7.07. The minimum Gasteiger partial charge on any atom is -0.481 e. The molecule has 5 heteroatoms. The highest BCUT2D eigenvalue weighted by Gasteiger charge is 2.48. The van der Waals surface area contributed by atoms with E-state index in [1.54, 1.807) is 11.0 Å². The predicted octanol–water partition coefficient (Wildman–Crippen LogP) is 3.38. The van der Waals surface area contributed by atoms with Gasteiger partial charge in [-0.1, -0.05) is 25.5 Å². The molecule has 1 aliphatic carbocycles. The van der Waals surface area contributed by atoms with Crippen LogP contribution in [0.15, 0.2) is 24.3 Å². The van der Waals surface area contributed by atoms with Crippen LogP contribution in [0.3, 0.4) is 0 Å². The van der Waals surface area contributed by atoms with E-state index in [4.69, 9.17) is 0 Å². The molecule has 23 heavy (non-hydrogen) atoms. The summed E-state index contributed by atoms with van der Waals surface area (Å²) in [6.45, 7) is 2.67. The number of likely N-dealkylation sites (tertiary alicyclic amines) is 1. The molecule has 2 atom stereocenters. The Kier molecular flexibility index (Phi) is 4.13. The molecule has 1 aliphatic heterocycles. The van der Waals surface area contributed by atoms with Gasteiger partial charge in [0, 0.05) is 13.0 Å². The van der Waals surface area contributed by atoms with Crippen LogP contribution in [0.5, 0.6) is 0 Å². The molecule has 2 fully saturated rings. The number of carbonyl (C=O) groups excluding carboxylic acids is 1. The van der Waals surface area contributed by atoms with Crippen molar-refractivity contribution in [3.05, 3.63) is 35.6 Å². The first-order valence-corrected chi connectivity index (χ1v) is 8.20. The number of halogens is 1. The smallest absolute Gasteiger partial charge is 0.310 e. The van der Waals surface area contributed by atoms with Gasteiger partial charge in [0.2, 0.25) is 5.91 Å². The van der Waals surface area contributed by atoms with Crippen molar-refractivity contribution in [3.8, 4) is 0 Å². The van der Waals surface area contributed by atoms with E-state index in [1.807, 2.05) is 6.07 Å². The molecule has 1 N–H and O–H groups in total. The minimum absolute atomic E-state index is 0.0564. The zero-order chi connectivity index (χ0) is 16.6. The van der Waals surface area contributed by atoms with E-state index in [-0.39, 0.29) is 24.2 Å². The molecule has 0 radical (unpaired) electrons. The lowest BCUT2D eigenvalue weighted by molar-refractivity contribution is -0.159. The molecule has 2 unspecified atom stereocenters. The molecule has 1 aromatic carbocycles. The van der Waals surface area contributed by atoms with Crippen molar-refractivity contribution in [1.29, 1.82) is 0 Å². The van der Waals surface area contributed by atoms with Gasteiger partial charge in [-0.2, -0.15) is 0 Å². The second kappa shape index (κ2) is 5.95. The molecular formula is C18H22FNO3. The van der Waals surface area contributed by atoms with Crippen molar-refractivity contribution in [2.75, 3.05) is 6.54 Å². The van der Waals surface area contributed by atoms with E-state index in [0.29, 0.717) is 25.3 Å². The Bertz CT molecular complexity index is 626. The summed E-state index contributed by atoms with van der Waals surface area (Å²) in [6.07, 6.45) is 2.85. The summed E-state index contributed by atoms with van der Waals surface area (Å²) >= 11 is 0.